The quantitative estimate of drug-likeness (QED) is 0.342. The van der Waals surface area contributed by atoms with Crippen molar-refractivity contribution in [1.82, 2.24) is 0 Å². The molecule has 4 aliphatic rings. The van der Waals surface area contributed by atoms with Crippen LogP contribution in [0, 0.1) is 29.1 Å². The number of aliphatic hydroxyl groups is 2. The first-order valence-corrected chi connectivity index (χ1v) is 11.9. The van der Waals surface area contributed by atoms with E-state index >= 15 is 0 Å². The highest BCUT2D eigenvalue weighted by Gasteiger charge is 2.87. The first-order chi connectivity index (χ1) is 16.0. The molecule has 0 aromatic rings. The summed E-state index contributed by atoms with van der Waals surface area (Å²) in [7, 11) is 0. The Hall–Kier alpha value is -2.52. The molecule has 192 valence electrons. The third-order valence-electron chi connectivity index (χ3n) is 8.82. The molecule has 0 amide bonds. The molecule has 0 aromatic carbocycles. The molecule has 4 aliphatic carbocycles. The Balaban J connectivity index is 1.95. The van der Waals surface area contributed by atoms with Gasteiger partial charge in [-0.05, 0) is 18.1 Å². The fourth-order valence-corrected chi connectivity index (χ4v) is 7.43. The van der Waals surface area contributed by atoms with Crippen LogP contribution in [0.25, 0.3) is 0 Å². The Kier molecular flexibility index (Phi) is 5.65. The summed E-state index contributed by atoms with van der Waals surface area (Å²) in [6, 6.07) is 0. The Morgan fingerprint density at radius 3 is 2.23 bits per heavy atom. The van der Waals surface area contributed by atoms with E-state index in [1.807, 2.05) is 13.8 Å². The molecule has 0 radical (unpaired) electrons. The van der Waals surface area contributed by atoms with Crippen LogP contribution >= 0.6 is 0 Å². The maximum Gasteiger partial charge on any atom is 0.303 e. The SMILES string of the molecule is CC(=O)OCC1=C[C@H]2[C@@H]3C(C)(C)[C@]3(OC(C)=O)[C@H](OC(C)=O)[C@@H](C)[C@]2(O)[C@@H]2C=C(C)C(=O)[C@]2(O)C1. The first-order valence-electron chi connectivity index (χ1n) is 11.9. The molecule has 0 spiro atoms. The standard InChI is InChI=1S/C26H34O9/c1-12-8-19-24(31,21(12)30)10-17(11-33-14(3)27)9-18-20-23(6,7)26(20,35-16(5)29)22(34-15(4)28)13(2)25(18,19)32/h8-9,13,18-20,22,31-32H,10-11H2,1-7H3/t13-,18+,19-,20-,22-,24+,25-,26-/m1/s1. The average Bonchev–Trinajstić information content (AvgIpc) is 3.15. The van der Waals surface area contributed by atoms with Crippen molar-refractivity contribution in [2.24, 2.45) is 29.1 Å². The number of hydrogen-bond acceptors (Lipinski definition) is 9. The van der Waals surface area contributed by atoms with Crippen LogP contribution in [0.3, 0.4) is 0 Å². The zero-order chi connectivity index (χ0) is 26.3. The van der Waals surface area contributed by atoms with Crippen LogP contribution in [0.4, 0.5) is 0 Å². The van der Waals surface area contributed by atoms with Gasteiger partial charge in [0.05, 0.1) is 5.60 Å². The smallest absolute Gasteiger partial charge is 0.303 e. The van der Waals surface area contributed by atoms with Gasteiger partial charge in [0.25, 0.3) is 0 Å². The third-order valence-corrected chi connectivity index (χ3v) is 8.82. The van der Waals surface area contributed by atoms with Gasteiger partial charge in [0, 0.05) is 56.3 Å². The van der Waals surface area contributed by atoms with Crippen LogP contribution in [0.2, 0.25) is 0 Å². The van der Waals surface area contributed by atoms with Crippen molar-refractivity contribution in [3.05, 3.63) is 23.3 Å². The molecular formula is C26H34O9. The lowest BCUT2D eigenvalue weighted by atomic mass is 9.59. The minimum absolute atomic E-state index is 0.130. The van der Waals surface area contributed by atoms with E-state index in [1.165, 1.54) is 20.8 Å². The average molecular weight is 491 g/mol. The highest BCUT2D eigenvalue weighted by atomic mass is 16.6. The third kappa shape index (κ3) is 3.27. The van der Waals surface area contributed by atoms with Gasteiger partial charge in [-0.15, -0.1) is 0 Å². The normalized spacial score (nSPS) is 42.9. The highest BCUT2D eigenvalue weighted by Crippen LogP contribution is 2.77. The summed E-state index contributed by atoms with van der Waals surface area (Å²) in [4.78, 5) is 49.1. The van der Waals surface area contributed by atoms with E-state index in [-0.39, 0.29) is 13.0 Å². The molecule has 4 rings (SSSR count). The molecule has 0 heterocycles. The summed E-state index contributed by atoms with van der Waals surface area (Å²) in [5.41, 5.74) is -4.82. The van der Waals surface area contributed by atoms with Crippen molar-refractivity contribution in [2.75, 3.05) is 6.61 Å². The molecule has 0 bridgehead atoms. The maximum atomic E-state index is 13.2. The second-order valence-corrected chi connectivity index (χ2v) is 11.2. The van der Waals surface area contributed by atoms with Crippen LogP contribution in [-0.4, -0.2) is 63.4 Å². The fraction of sp³-hybridized carbons (Fsp3) is 0.692. The van der Waals surface area contributed by atoms with Gasteiger partial charge in [0.2, 0.25) is 0 Å². The van der Waals surface area contributed by atoms with Crippen LogP contribution in [0.5, 0.6) is 0 Å². The summed E-state index contributed by atoms with van der Waals surface area (Å²) in [6.45, 7) is 10.7. The van der Waals surface area contributed by atoms with Crippen molar-refractivity contribution >= 4 is 23.7 Å². The van der Waals surface area contributed by atoms with Gasteiger partial charge < -0.3 is 24.4 Å². The minimum Gasteiger partial charge on any atom is -0.461 e. The molecule has 2 fully saturated rings. The number of ketones is 1. The number of rotatable bonds is 4. The number of Topliss-reactive ketones (excluding diaryl/α,β-unsaturated/α-hetero) is 1. The van der Waals surface area contributed by atoms with Crippen LogP contribution in [0.15, 0.2) is 23.3 Å². The van der Waals surface area contributed by atoms with Crippen LogP contribution in [-0.2, 0) is 33.4 Å². The van der Waals surface area contributed by atoms with Crippen LogP contribution in [0.1, 0.15) is 54.9 Å². The van der Waals surface area contributed by atoms with E-state index in [0.717, 1.165) is 0 Å². The molecule has 0 aliphatic heterocycles. The predicted octanol–water partition coefficient (Wildman–Crippen LogP) is 1.64. The summed E-state index contributed by atoms with van der Waals surface area (Å²) < 4.78 is 16.9. The monoisotopic (exact) mass is 490 g/mol. The number of hydrogen-bond donors (Lipinski definition) is 2. The van der Waals surface area contributed by atoms with Crippen molar-refractivity contribution in [3.8, 4) is 0 Å². The number of ether oxygens (including phenoxy) is 3. The molecule has 8 atom stereocenters. The first kappa shape index (κ1) is 25.6. The van der Waals surface area contributed by atoms with Crippen LogP contribution < -0.4 is 0 Å². The fourth-order valence-electron chi connectivity index (χ4n) is 7.43. The van der Waals surface area contributed by atoms with Gasteiger partial charge in [-0.1, -0.05) is 32.9 Å². The van der Waals surface area contributed by atoms with Gasteiger partial charge in [0.1, 0.15) is 18.3 Å². The summed E-state index contributed by atoms with van der Waals surface area (Å²) >= 11 is 0. The summed E-state index contributed by atoms with van der Waals surface area (Å²) in [5.74, 6) is -5.20. The molecular weight excluding hydrogens is 456 g/mol. The maximum absolute atomic E-state index is 13.2. The van der Waals surface area contributed by atoms with E-state index in [9.17, 15) is 29.4 Å². The topological polar surface area (TPSA) is 136 Å². The Morgan fingerprint density at radius 1 is 1.06 bits per heavy atom. The van der Waals surface area contributed by atoms with E-state index in [4.69, 9.17) is 14.2 Å². The molecule has 0 aromatic heterocycles. The van der Waals surface area contributed by atoms with Gasteiger partial charge in [0.15, 0.2) is 11.4 Å². The number of carbonyl (C=O) groups excluding carboxylic acids is 4. The second-order valence-electron chi connectivity index (χ2n) is 11.2. The summed E-state index contributed by atoms with van der Waals surface area (Å²) in [6.07, 6.45) is 2.21. The van der Waals surface area contributed by atoms with Gasteiger partial charge >= 0.3 is 17.9 Å². The lowest BCUT2D eigenvalue weighted by molar-refractivity contribution is -0.227. The Labute approximate surface area is 204 Å². The summed E-state index contributed by atoms with van der Waals surface area (Å²) in [5, 5.41) is 24.3. The van der Waals surface area contributed by atoms with Crippen molar-refractivity contribution < 1.29 is 43.6 Å². The Bertz CT molecular complexity index is 1070. The Morgan fingerprint density at radius 2 is 1.69 bits per heavy atom. The molecule has 35 heavy (non-hydrogen) atoms. The number of carbonyl (C=O) groups is 4. The molecule has 2 saturated carbocycles. The number of fused-ring (bicyclic) bond motifs is 5. The number of esters is 3. The van der Waals surface area contributed by atoms with E-state index < -0.39 is 75.7 Å². The van der Waals surface area contributed by atoms with Crippen molar-refractivity contribution in [1.29, 1.82) is 0 Å². The minimum atomic E-state index is -1.96. The van der Waals surface area contributed by atoms with Gasteiger partial charge in [-0.2, -0.15) is 0 Å². The molecule has 9 nitrogen and oxygen atoms in total. The highest BCUT2D eigenvalue weighted by molar-refractivity contribution is 6.04. The second kappa shape index (κ2) is 7.74. The van der Waals surface area contributed by atoms with E-state index in [0.29, 0.717) is 11.1 Å². The largest absolute Gasteiger partial charge is 0.461 e. The zero-order valence-corrected chi connectivity index (χ0v) is 21.2. The van der Waals surface area contributed by atoms with E-state index in [1.54, 1.807) is 26.0 Å². The predicted molar refractivity (Wildman–Crippen MR) is 121 cm³/mol. The molecule has 0 unspecified atom stereocenters. The lowest BCUT2D eigenvalue weighted by Crippen LogP contribution is -2.66. The van der Waals surface area contributed by atoms with Crippen molar-refractivity contribution in [2.45, 2.75) is 77.8 Å². The van der Waals surface area contributed by atoms with Crippen molar-refractivity contribution in [3.63, 3.8) is 0 Å². The molecule has 9 heteroatoms. The molecule has 2 N–H and O–H groups in total. The van der Waals surface area contributed by atoms with Gasteiger partial charge in [-0.25, -0.2) is 0 Å². The zero-order valence-electron chi connectivity index (χ0n) is 21.2. The molecule has 0 saturated heterocycles. The van der Waals surface area contributed by atoms with Gasteiger partial charge in [-0.3, -0.25) is 19.2 Å². The lowest BCUT2D eigenvalue weighted by Gasteiger charge is -2.53. The van der Waals surface area contributed by atoms with E-state index in [2.05, 4.69) is 0 Å².